The number of aliphatic carboxylic acids is 2. The van der Waals surface area contributed by atoms with Crippen molar-refractivity contribution in [1.82, 2.24) is 0 Å². The molecular weight excluding hydrogens is 292 g/mol. The van der Waals surface area contributed by atoms with Crippen molar-refractivity contribution in [3.05, 3.63) is 0 Å². The molecule has 0 spiro atoms. The normalized spacial score (nSPS) is 27.7. The van der Waals surface area contributed by atoms with Crippen molar-refractivity contribution in [2.75, 3.05) is 0 Å². The minimum atomic E-state index is -1.07. The summed E-state index contributed by atoms with van der Waals surface area (Å²) in [5.74, 6) is -1.78. The molecule has 0 saturated heterocycles. The lowest BCUT2D eigenvalue weighted by Gasteiger charge is -2.48. The molecule has 1 aliphatic carbocycles. The summed E-state index contributed by atoms with van der Waals surface area (Å²) in [6.07, 6.45) is 11.0. The van der Waals surface area contributed by atoms with E-state index in [1.165, 1.54) is 19.3 Å². The first-order valence-electron chi connectivity index (χ1n) is 9.43. The lowest BCUT2D eigenvalue weighted by atomic mass is 9.52. The highest BCUT2D eigenvalue weighted by atomic mass is 16.4. The molecule has 23 heavy (non-hydrogen) atoms. The van der Waals surface area contributed by atoms with Gasteiger partial charge in [0.25, 0.3) is 0 Å². The van der Waals surface area contributed by atoms with Crippen LogP contribution in [0.4, 0.5) is 0 Å². The zero-order valence-corrected chi connectivity index (χ0v) is 14.9. The van der Waals surface area contributed by atoms with E-state index in [-0.39, 0.29) is 0 Å². The van der Waals surface area contributed by atoms with E-state index in [0.717, 1.165) is 38.5 Å². The van der Waals surface area contributed by atoms with E-state index in [1.54, 1.807) is 0 Å². The van der Waals surface area contributed by atoms with Gasteiger partial charge in [0.1, 0.15) is 0 Å². The van der Waals surface area contributed by atoms with E-state index in [4.69, 9.17) is 0 Å². The first-order valence-corrected chi connectivity index (χ1v) is 9.43. The summed E-state index contributed by atoms with van der Waals surface area (Å²) in [5, 5.41) is 19.9. The van der Waals surface area contributed by atoms with Crippen LogP contribution in [0.1, 0.15) is 97.3 Å². The second-order valence-corrected chi connectivity index (χ2v) is 7.25. The van der Waals surface area contributed by atoms with Crippen molar-refractivity contribution >= 4 is 11.9 Å². The molecule has 0 aromatic heterocycles. The summed E-state index contributed by atoms with van der Waals surface area (Å²) in [4.78, 5) is 24.3. The number of carbonyl (C=O) groups is 2. The molecule has 2 atom stereocenters. The van der Waals surface area contributed by atoms with Crippen LogP contribution >= 0.6 is 0 Å². The van der Waals surface area contributed by atoms with Crippen molar-refractivity contribution in [2.45, 2.75) is 97.3 Å². The molecule has 0 heterocycles. The molecule has 2 N–H and O–H groups in total. The summed E-state index contributed by atoms with van der Waals surface area (Å²) >= 11 is 0. The monoisotopic (exact) mass is 326 g/mol. The van der Waals surface area contributed by atoms with Crippen LogP contribution < -0.4 is 0 Å². The van der Waals surface area contributed by atoms with Crippen molar-refractivity contribution in [2.24, 2.45) is 10.8 Å². The first kappa shape index (κ1) is 20.0. The Kier molecular flexibility index (Phi) is 8.07. The maximum absolute atomic E-state index is 12.2. The molecule has 134 valence electrons. The maximum Gasteiger partial charge on any atom is 0.310 e. The number of rotatable bonds is 11. The van der Waals surface area contributed by atoms with Gasteiger partial charge in [-0.1, -0.05) is 71.6 Å². The van der Waals surface area contributed by atoms with Gasteiger partial charge in [0.05, 0.1) is 10.8 Å². The van der Waals surface area contributed by atoms with Crippen LogP contribution in [0.5, 0.6) is 0 Å². The quantitative estimate of drug-likeness (QED) is 0.508. The number of carboxylic acid groups (broad SMARTS) is 2. The van der Waals surface area contributed by atoms with Crippen molar-refractivity contribution in [1.29, 1.82) is 0 Å². The molecule has 4 nitrogen and oxygen atoms in total. The summed E-state index contributed by atoms with van der Waals surface area (Å²) in [6, 6.07) is 0. The summed E-state index contributed by atoms with van der Waals surface area (Å²) in [6.45, 7) is 4.13. The van der Waals surface area contributed by atoms with Crippen molar-refractivity contribution in [3.63, 3.8) is 0 Å². The third-order valence-electron chi connectivity index (χ3n) is 5.83. The standard InChI is InChI=1S/C19H34O4/c1-3-5-6-7-8-9-13-19(17(22)23)15-11-10-14-18(19,12-4-2)16(20)21/h3-15H2,1-2H3,(H,20,21)(H,22,23). The largest absolute Gasteiger partial charge is 0.481 e. The predicted octanol–water partition coefficient (Wildman–Crippen LogP) is 5.25. The Balaban J connectivity index is 2.88. The van der Waals surface area contributed by atoms with Gasteiger partial charge in [-0.25, -0.2) is 0 Å². The van der Waals surface area contributed by atoms with Gasteiger partial charge >= 0.3 is 11.9 Å². The third-order valence-corrected chi connectivity index (χ3v) is 5.83. The summed E-state index contributed by atoms with van der Waals surface area (Å²) < 4.78 is 0. The number of carboxylic acids is 2. The molecule has 0 aromatic rings. The second kappa shape index (κ2) is 9.29. The fourth-order valence-corrected chi connectivity index (χ4v) is 4.53. The highest BCUT2D eigenvalue weighted by Crippen LogP contribution is 2.56. The van der Waals surface area contributed by atoms with Crippen LogP contribution in [0.3, 0.4) is 0 Å². The molecule has 1 rings (SSSR count). The zero-order chi connectivity index (χ0) is 17.3. The Morgan fingerprint density at radius 1 is 0.739 bits per heavy atom. The van der Waals surface area contributed by atoms with Crippen molar-refractivity contribution in [3.8, 4) is 0 Å². The van der Waals surface area contributed by atoms with Gasteiger partial charge in [0, 0.05) is 0 Å². The Morgan fingerprint density at radius 2 is 1.22 bits per heavy atom. The Hall–Kier alpha value is -1.06. The van der Waals surface area contributed by atoms with Gasteiger partial charge < -0.3 is 10.2 Å². The van der Waals surface area contributed by atoms with E-state index in [1.807, 2.05) is 6.92 Å². The lowest BCUT2D eigenvalue weighted by Crippen LogP contribution is -2.54. The number of hydrogen-bond donors (Lipinski definition) is 2. The minimum absolute atomic E-state index is 0.477. The summed E-state index contributed by atoms with van der Waals surface area (Å²) in [7, 11) is 0. The average Bonchev–Trinajstić information content (AvgIpc) is 2.52. The lowest BCUT2D eigenvalue weighted by molar-refractivity contribution is -0.182. The van der Waals surface area contributed by atoms with Crippen LogP contribution in [0.25, 0.3) is 0 Å². The van der Waals surface area contributed by atoms with Crippen LogP contribution in [-0.2, 0) is 9.59 Å². The fraction of sp³-hybridized carbons (Fsp3) is 0.895. The number of unbranched alkanes of at least 4 members (excludes halogenated alkanes) is 5. The van der Waals surface area contributed by atoms with Gasteiger partial charge in [0.2, 0.25) is 0 Å². The average molecular weight is 326 g/mol. The van der Waals surface area contributed by atoms with Crippen LogP contribution in [-0.4, -0.2) is 22.2 Å². The summed E-state index contributed by atoms with van der Waals surface area (Å²) in [5.41, 5.74) is -2.15. The van der Waals surface area contributed by atoms with Crippen LogP contribution in [0.2, 0.25) is 0 Å². The topological polar surface area (TPSA) is 74.6 Å². The minimum Gasteiger partial charge on any atom is -0.481 e. The Bertz CT molecular complexity index is 389. The SMILES string of the molecule is CCCCCCCCC1(C(=O)O)CCCCC1(CCC)C(=O)O. The number of hydrogen-bond acceptors (Lipinski definition) is 2. The highest BCUT2D eigenvalue weighted by Gasteiger charge is 2.60. The van der Waals surface area contributed by atoms with Gasteiger partial charge in [0.15, 0.2) is 0 Å². The van der Waals surface area contributed by atoms with Gasteiger partial charge in [-0.05, 0) is 25.7 Å². The molecule has 1 aliphatic rings. The molecule has 4 heteroatoms. The molecule has 2 unspecified atom stereocenters. The molecule has 0 aromatic carbocycles. The molecule has 0 bridgehead atoms. The molecule has 1 fully saturated rings. The van der Waals surface area contributed by atoms with Crippen LogP contribution in [0.15, 0.2) is 0 Å². The third kappa shape index (κ3) is 4.27. The molecule has 0 aliphatic heterocycles. The van der Waals surface area contributed by atoms with E-state index in [9.17, 15) is 19.8 Å². The second-order valence-electron chi connectivity index (χ2n) is 7.25. The van der Waals surface area contributed by atoms with Crippen molar-refractivity contribution < 1.29 is 19.8 Å². The zero-order valence-electron chi connectivity index (χ0n) is 14.9. The fourth-order valence-electron chi connectivity index (χ4n) is 4.53. The van der Waals surface area contributed by atoms with E-state index in [2.05, 4.69) is 6.92 Å². The van der Waals surface area contributed by atoms with E-state index < -0.39 is 22.8 Å². The van der Waals surface area contributed by atoms with E-state index >= 15 is 0 Å². The molecule has 1 saturated carbocycles. The maximum atomic E-state index is 12.2. The molecular formula is C19H34O4. The van der Waals surface area contributed by atoms with Gasteiger partial charge in [-0.3, -0.25) is 9.59 Å². The van der Waals surface area contributed by atoms with Gasteiger partial charge in [-0.15, -0.1) is 0 Å². The molecule has 0 radical (unpaired) electrons. The predicted molar refractivity (Wildman–Crippen MR) is 91.5 cm³/mol. The molecule has 0 amide bonds. The van der Waals surface area contributed by atoms with E-state index in [0.29, 0.717) is 25.7 Å². The highest BCUT2D eigenvalue weighted by molar-refractivity contribution is 5.87. The smallest absolute Gasteiger partial charge is 0.310 e. The Labute approximate surface area is 140 Å². The first-order chi connectivity index (χ1) is 11.0. The Morgan fingerprint density at radius 3 is 1.70 bits per heavy atom. The van der Waals surface area contributed by atoms with Crippen LogP contribution in [0, 0.1) is 10.8 Å². The van der Waals surface area contributed by atoms with Gasteiger partial charge in [-0.2, -0.15) is 0 Å².